The number of hydrogen-bond acceptors (Lipinski definition) is 23. The molecule has 87 heavy (non-hydrogen) atoms. The molecule has 12 N–H and O–H groups in total. The van der Waals surface area contributed by atoms with Gasteiger partial charge in [0.05, 0.1) is 72.1 Å². The lowest BCUT2D eigenvalue weighted by atomic mass is 9.78. The van der Waals surface area contributed by atoms with E-state index in [0.717, 1.165) is 0 Å². The van der Waals surface area contributed by atoms with E-state index in [0.29, 0.717) is 19.5 Å². The van der Waals surface area contributed by atoms with Crippen LogP contribution in [0.2, 0.25) is 0 Å². The fourth-order valence-corrected chi connectivity index (χ4v) is 13.7. The molecule has 25 heteroatoms. The normalized spacial score (nSPS) is 46.0. The number of hydrogen-bond donors (Lipinski definition) is 12. The van der Waals surface area contributed by atoms with Crippen molar-refractivity contribution in [2.24, 2.45) is 35.5 Å². The zero-order valence-corrected chi connectivity index (χ0v) is 55.8. The van der Waals surface area contributed by atoms with Crippen molar-refractivity contribution in [3.8, 4) is 0 Å². The van der Waals surface area contributed by atoms with Crippen molar-refractivity contribution in [1.82, 2.24) is 20.0 Å². The van der Waals surface area contributed by atoms with Crippen LogP contribution in [0.15, 0.2) is 0 Å². The van der Waals surface area contributed by atoms with Crippen LogP contribution in [0.1, 0.15) is 162 Å². The van der Waals surface area contributed by atoms with Crippen molar-refractivity contribution in [2.45, 2.75) is 295 Å². The number of ether oxygens (including phenoxy) is 6. The molecule has 0 saturated carbocycles. The highest BCUT2D eigenvalue weighted by atomic mass is 16.7. The Morgan fingerprint density at radius 2 is 0.977 bits per heavy atom. The van der Waals surface area contributed by atoms with Crippen LogP contribution >= 0.6 is 0 Å². The number of aliphatic hydroxyl groups excluding tert-OH is 6. The largest absolute Gasteiger partial charge is 0.481 e. The molecule has 0 spiro atoms. The van der Waals surface area contributed by atoms with Crippen LogP contribution in [0.4, 0.5) is 0 Å². The van der Waals surface area contributed by atoms with Crippen LogP contribution in [-0.2, 0) is 47.6 Å². The third kappa shape index (κ3) is 19.9. The maximum atomic E-state index is 13.4. The van der Waals surface area contributed by atoms with E-state index in [2.05, 4.69) is 5.32 Å². The van der Waals surface area contributed by atoms with Gasteiger partial charge in [0.25, 0.3) is 0 Å². The lowest BCUT2D eigenvalue weighted by Crippen LogP contribution is -2.60. The lowest BCUT2D eigenvalue weighted by Gasteiger charge is -2.47. The predicted octanol–water partition coefficient (Wildman–Crippen LogP) is 1.37. The predicted molar refractivity (Wildman–Crippen MR) is 321 cm³/mol. The van der Waals surface area contributed by atoms with E-state index in [9.17, 15) is 70.2 Å². The van der Waals surface area contributed by atoms with Gasteiger partial charge in [0.2, 0.25) is 5.91 Å². The van der Waals surface area contributed by atoms with Crippen LogP contribution in [0, 0.1) is 35.5 Å². The molecule has 4 heterocycles. The lowest BCUT2D eigenvalue weighted by molar-refractivity contribution is -0.299. The molecule has 0 aromatic rings. The minimum absolute atomic E-state index is 0.0985. The number of esters is 2. The molecule has 28 atom stereocenters. The molecule has 1 amide bonds. The maximum absolute atomic E-state index is 13.4. The maximum Gasteiger partial charge on any atom is 0.311 e. The average molecular weight is 1250 g/mol. The molecule has 0 aliphatic carbocycles. The fraction of sp³-hybridized carbons (Fsp3) is 0.935. The number of carbonyl (C=O) groups excluding carboxylic acids is 3. The van der Waals surface area contributed by atoms with Crippen molar-refractivity contribution in [2.75, 3.05) is 41.3 Å². The summed E-state index contributed by atoms with van der Waals surface area (Å²) in [7, 11) is 6.84. The summed E-state index contributed by atoms with van der Waals surface area (Å²) in [6.45, 7) is 27.7. The van der Waals surface area contributed by atoms with Crippen molar-refractivity contribution in [1.29, 1.82) is 0 Å². The van der Waals surface area contributed by atoms with Gasteiger partial charge in [-0.05, 0) is 141 Å². The third-order valence-electron chi connectivity index (χ3n) is 19.4. The number of rotatable bonds is 11. The van der Waals surface area contributed by atoms with Gasteiger partial charge in [0, 0.05) is 56.5 Å². The van der Waals surface area contributed by atoms with Gasteiger partial charge in [-0.1, -0.05) is 41.5 Å². The number of cyclic esters (lactones) is 2. The first-order chi connectivity index (χ1) is 39.9. The number of carboxylic acids is 1. The minimum Gasteiger partial charge on any atom is -0.481 e. The number of amides is 1. The molecular formula is C62H116N4O21. The molecule has 0 unspecified atom stereocenters. The monoisotopic (exact) mass is 1250 g/mol. The molecule has 4 rings (SSSR count). The topological polar surface area (TPSA) is 368 Å². The Morgan fingerprint density at radius 3 is 1.33 bits per heavy atom. The Labute approximate surface area is 517 Å². The first kappa shape index (κ1) is 78.4. The van der Waals surface area contributed by atoms with Gasteiger partial charge >= 0.3 is 17.9 Å². The number of carboxylic acid groups (broad SMARTS) is 1. The summed E-state index contributed by atoms with van der Waals surface area (Å²) in [5.41, 5.74) is -6.70. The van der Waals surface area contributed by atoms with Crippen molar-refractivity contribution in [3.63, 3.8) is 0 Å². The SMILES string of the molecule is CC[C@H]1OC(=O)[C@H](C)[C@@H](O)[C@H](C)[C@@H](O[C@@H]2O[C@H](C)C[C@H](N(C)C(=O)CCC(=O)O)[C@H]2O)[C@](C)(O)C[C@@H](C)CN(C)[C@H](C)[C@@H](O)[C@]1(C)O.CC[C@H]1OC(=O)[C@H](C)[C@@H](O)[C@H](C)[C@@H](O[C@@H]2O[C@H](C)C[C@H](NC)[C@H]2O)[C@](C)(O)C[C@@H](C)CN(C)[C@H](C)[C@@H](O)[C@]1(C)O. The summed E-state index contributed by atoms with van der Waals surface area (Å²) in [5, 5.41) is 126. The molecule has 4 aliphatic heterocycles. The zero-order chi connectivity index (χ0) is 66.9. The second-order valence-electron chi connectivity index (χ2n) is 27.5. The van der Waals surface area contributed by atoms with E-state index < -0.39 is 168 Å². The second-order valence-corrected chi connectivity index (χ2v) is 27.5. The number of likely N-dealkylation sites (N-methyl/N-ethyl adjacent to an activating group) is 4. The Bertz CT molecular complexity index is 2160. The Morgan fingerprint density at radius 1 is 0.609 bits per heavy atom. The molecule has 0 aromatic heterocycles. The van der Waals surface area contributed by atoms with E-state index in [1.807, 2.05) is 37.6 Å². The zero-order valence-electron chi connectivity index (χ0n) is 55.8. The minimum atomic E-state index is -1.81. The standard InChI is InChI=1S/C33H60N2O12.C29H56N2O9/c1-11-23-33(8,44)28(41)21(6)34(9)16-17(2)15-32(7,43)29(19(4)26(39)20(5)30(42)46-23)47-31-27(40)22(14-18(3)45-31)35(10)24(36)12-13-25(37)38;1-11-21-29(8,37)24(34)19(6)31(10)14-15(2)13-28(7,36)25(17(4)22(32)18(5)26(35)39-21)40-27-23(33)20(30-9)12-16(3)38-27/h17-23,26-29,31,39-41,43-44H,11-16H2,1-10H3,(H,37,38);15-25,27,30,32-34,36-37H,11-14H2,1-10H3/t17-,18-,19+,20-,21-,22+,23-,26+,27-,28-,29-,31+,32-,33-;15-,16-,17+,18-,19-,20+,21-,22+,23-,24-,25-,27+,28-,29-/m11/s1. The van der Waals surface area contributed by atoms with Crippen LogP contribution < -0.4 is 5.32 Å². The number of nitrogens with zero attached hydrogens (tertiary/aromatic N) is 3. The molecule has 510 valence electrons. The van der Waals surface area contributed by atoms with Crippen LogP contribution in [0.3, 0.4) is 0 Å². The summed E-state index contributed by atoms with van der Waals surface area (Å²) >= 11 is 0. The fourth-order valence-electron chi connectivity index (χ4n) is 13.7. The third-order valence-corrected chi connectivity index (χ3v) is 19.4. The number of aliphatic carboxylic acids is 1. The second kappa shape index (κ2) is 32.7. The van der Waals surface area contributed by atoms with Crippen molar-refractivity contribution < 1.29 is 104 Å². The summed E-state index contributed by atoms with van der Waals surface area (Å²) in [5.74, 6) is -7.31. The summed E-state index contributed by atoms with van der Waals surface area (Å²) in [4.78, 5) is 55.4. The van der Waals surface area contributed by atoms with Crippen LogP contribution in [0.5, 0.6) is 0 Å². The van der Waals surface area contributed by atoms with E-state index in [-0.39, 0.29) is 68.9 Å². The first-order valence-corrected chi connectivity index (χ1v) is 31.5. The molecule has 0 aromatic carbocycles. The van der Waals surface area contributed by atoms with Crippen LogP contribution in [-0.4, -0.2) is 268 Å². The molecule has 0 radical (unpaired) electrons. The molecular weight excluding hydrogens is 1140 g/mol. The number of nitrogens with one attached hydrogen (secondary N) is 1. The molecule has 4 fully saturated rings. The van der Waals surface area contributed by atoms with Gasteiger partial charge in [0.15, 0.2) is 12.6 Å². The van der Waals surface area contributed by atoms with Gasteiger partial charge in [-0.2, -0.15) is 0 Å². The Kier molecular flexibility index (Phi) is 29.4. The van der Waals surface area contributed by atoms with Gasteiger partial charge in [-0.15, -0.1) is 0 Å². The highest BCUT2D eigenvalue weighted by Crippen LogP contribution is 2.39. The van der Waals surface area contributed by atoms with E-state index in [4.69, 9.17) is 33.5 Å². The first-order valence-electron chi connectivity index (χ1n) is 31.5. The number of aliphatic hydroxyl groups is 10. The van der Waals surface area contributed by atoms with Gasteiger partial charge in [0.1, 0.15) is 47.8 Å². The summed E-state index contributed by atoms with van der Waals surface area (Å²) in [6.07, 6.45) is -14.0. The summed E-state index contributed by atoms with van der Waals surface area (Å²) < 4.78 is 36.0. The van der Waals surface area contributed by atoms with Crippen LogP contribution in [0.25, 0.3) is 0 Å². The Hall–Kier alpha value is -2.80. The highest BCUT2D eigenvalue weighted by Gasteiger charge is 2.53. The van der Waals surface area contributed by atoms with Gasteiger partial charge in [-0.3, -0.25) is 19.2 Å². The van der Waals surface area contributed by atoms with Crippen molar-refractivity contribution >= 4 is 23.8 Å². The van der Waals surface area contributed by atoms with E-state index >= 15 is 0 Å². The quantitative estimate of drug-likeness (QED) is 0.130. The van der Waals surface area contributed by atoms with Crippen molar-refractivity contribution in [3.05, 3.63) is 0 Å². The highest BCUT2D eigenvalue weighted by molar-refractivity contribution is 5.80. The smallest absolute Gasteiger partial charge is 0.311 e. The van der Waals surface area contributed by atoms with E-state index in [1.54, 1.807) is 76.4 Å². The van der Waals surface area contributed by atoms with Gasteiger partial charge < -0.3 is 105 Å². The molecule has 4 saturated heterocycles. The van der Waals surface area contributed by atoms with E-state index in [1.165, 1.54) is 39.6 Å². The molecule has 25 nitrogen and oxygen atoms in total. The molecule has 4 aliphatic rings. The van der Waals surface area contributed by atoms with Gasteiger partial charge in [-0.25, -0.2) is 0 Å². The average Bonchev–Trinajstić information content (AvgIpc) is 2.44. The Balaban J connectivity index is 0.000000461. The molecule has 0 bridgehead atoms. The summed E-state index contributed by atoms with van der Waals surface area (Å²) in [6, 6.07) is -2.14. The number of carbonyl (C=O) groups is 4.